The summed E-state index contributed by atoms with van der Waals surface area (Å²) in [6.07, 6.45) is 0.544. The fourth-order valence-corrected chi connectivity index (χ4v) is 1.95. The van der Waals surface area contributed by atoms with E-state index in [0.29, 0.717) is 6.42 Å². The molecule has 0 saturated heterocycles. The fraction of sp³-hybridized carbons (Fsp3) is 0.529. The van der Waals surface area contributed by atoms with Crippen molar-refractivity contribution in [1.29, 1.82) is 0 Å². The smallest absolute Gasteiger partial charge is 0.407 e. The Kier molecular flexibility index (Phi) is 6.40. The topological polar surface area (TPSA) is 64.6 Å². The van der Waals surface area contributed by atoms with Crippen LogP contribution in [0.15, 0.2) is 24.3 Å². The molecule has 1 atom stereocenters. The molecule has 5 nitrogen and oxygen atoms in total. The van der Waals surface area contributed by atoms with Crippen molar-refractivity contribution >= 4 is 12.1 Å². The van der Waals surface area contributed by atoms with E-state index >= 15 is 0 Å². The normalized spacial score (nSPS) is 12.4. The van der Waals surface area contributed by atoms with Crippen LogP contribution in [-0.2, 0) is 27.1 Å². The Labute approximate surface area is 132 Å². The maximum absolute atomic E-state index is 11.7. The lowest BCUT2D eigenvalue weighted by Gasteiger charge is -2.22. The lowest BCUT2D eigenvalue weighted by atomic mass is 10.0. The molecule has 0 aromatic heterocycles. The van der Waals surface area contributed by atoms with Crippen LogP contribution >= 0.6 is 0 Å². The van der Waals surface area contributed by atoms with E-state index < -0.39 is 11.7 Å². The fourth-order valence-electron chi connectivity index (χ4n) is 1.95. The van der Waals surface area contributed by atoms with Crippen LogP contribution in [0.25, 0.3) is 0 Å². The van der Waals surface area contributed by atoms with Gasteiger partial charge in [0.25, 0.3) is 0 Å². The third-order valence-corrected chi connectivity index (χ3v) is 2.90. The van der Waals surface area contributed by atoms with E-state index in [-0.39, 0.29) is 18.4 Å². The molecule has 0 aliphatic heterocycles. The monoisotopic (exact) mass is 307 g/mol. The maximum Gasteiger partial charge on any atom is 0.407 e. The number of carbonyl (C=O) groups excluding carboxylic acids is 2. The minimum atomic E-state index is -0.501. The van der Waals surface area contributed by atoms with Crippen LogP contribution in [0.1, 0.15) is 38.8 Å². The SMILES string of the molecule is COC(=O)Cc1ccc(CC(C)NC(=O)OC(C)(C)C)cc1. The molecule has 0 saturated carbocycles. The van der Waals surface area contributed by atoms with Crippen LogP contribution in [0, 0.1) is 0 Å². The van der Waals surface area contributed by atoms with Crippen molar-refractivity contribution in [3.63, 3.8) is 0 Å². The van der Waals surface area contributed by atoms with E-state index in [0.717, 1.165) is 11.1 Å². The second-order valence-corrected chi connectivity index (χ2v) is 6.32. The number of alkyl carbamates (subject to hydrolysis) is 1. The number of esters is 1. The third kappa shape index (κ3) is 7.11. The second kappa shape index (κ2) is 7.82. The predicted octanol–water partition coefficient (Wildman–Crippen LogP) is 2.86. The van der Waals surface area contributed by atoms with Crippen LogP contribution in [0.2, 0.25) is 0 Å². The molecule has 1 amide bonds. The van der Waals surface area contributed by atoms with Gasteiger partial charge in [0.2, 0.25) is 0 Å². The molecule has 0 aliphatic rings. The summed E-state index contributed by atoms with van der Waals surface area (Å²) >= 11 is 0. The Morgan fingerprint density at radius 3 is 2.18 bits per heavy atom. The second-order valence-electron chi connectivity index (χ2n) is 6.32. The van der Waals surface area contributed by atoms with Crippen LogP contribution in [0.5, 0.6) is 0 Å². The minimum absolute atomic E-state index is 0.0405. The van der Waals surface area contributed by atoms with E-state index in [9.17, 15) is 9.59 Å². The predicted molar refractivity (Wildman–Crippen MR) is 84.7 cm³/mol. The van der Waals surface area contributed by atoms with E-state index in [1.165, 1.54) is 7.11 Å². The first-order valence-electron chi connectivity index (χ1n) is 7.34. The van der Waals surface area contributed by atoms with E-state index in [4.69, 9.17) is 4.74 Å². The summed E-state index contributed by atoms with van der Waals surface area (Å²) in [6.45, 7) is 7.41. The summed E-state index contributed by atoms with van der Waals surface area (Å²) < 4.78 is 9.85. The van der Waals surface area contributed by atoms with Gasteiger partial charge in [-0.25, -0.2) is 4.79 Å². The van der Waals surface area contributed by atoms with Gasteiger partial charge in [-0.1, -0.05) is 24.3 Å². The van der Waals surface area contributed by atoms with Gasteiger partial charge in [0.1, 0.15) is 5.60 Å². The van der Waals surface area contributed by atoms with Gasteiger partial charge in [-0.2, -0.15) is 0 Å². The number of carbonyl (C=O) groups is 2. The molecule has 0 fully saturated rings. The first-order valence-corrected chi connectivity index (χ1v) is 7.34. The van der Waals surface area contributed by atoms with Gasteiger partial charge >= 0.3 is 12.1 Å². The summed E-state index contributed by atoms with van der Waals surface area (Å²) in [7, 11) is 1.38. The Bertz CT molecular complexity index is 502. The molecule has 0 bridgehead atoms. The lowest BCUT2D eigenvalue weighted by molar-refractivity contribution is -0.139. The van der Waals surface area contributed by atoms with Gasteiger partial charge in [-0.15, -0.1) is 0 Å². The Morgan fingerprint density at radius 2 is 1.68 bits per heavy atom. The summed E-state index contributed by atoms with van der Waals surface area (Å²) in [5.41, 5.74) is 1.49. The molecular weight excluding hydrogens is 282 g/mol. The molecule has 0 radical (unpaired) electrons. The quantitative estimate of drug-likeness (QED) is 0.850. The zero-order valence-electron chi connectivity index (χ0n) is 13.9. The minimum Gasteiger partial charge on any atom is -0.469 e. The van der Waals surface area contributed by atoms with Crippen molar-refractivity contribution in [2.45, 2.75) is 52.2 Å². The van der Waals surface area contributed by atoms with Gasteiger partial charge in [-0.05, 0) is 45.2 Å². The maximum atomic E-state index is 11.7. The number of hydrogen-bond donors (Lipinski definition) is 1. The summed E-state index contributed by atoms with van der Waals surface area (Å²) in [4.78, 5) is 22.9. The Balaban J connectivity index is 2.49. The molecule has 1 unspecified atom stereocenters. The first-order chi connectivity index (χ1) is 10.2. The molecule has 1 aromatic rings. The molecule has 0 aliphatic carbocycles. The molecule has 1 N–H and O–H groups in total. The number of hydrogen-bond acceptors (Lipinski definition) is 4. The zero-order valence-corrected chi connectivity index (χ0v) is 13.9. The largest absolute Gasteiger partial charge is 0.469 e. The number of benzene rings is 1. The van der Waals surface area contributed by atoms with Crippen LogP contribution in [0.3, 0.4) is 0 Å². The standard InChI is InChI=1S/C17H25NO4/c1-12(18-16(20)22-17(2,3)4)10-13-6-8-14(9-7-13)11-15(19)21-5/h6-9,12H,10-11H2,1-5H3,(H,18,20). The van der Waals surface area contributed by atoms with Gasteiger partial charge in [0.05, 0.1) is 13.5 Å². The number of ether oxygens (including phenoxy) is 2. The average Bonchev–Trinajstić information content (AvgIpc) is 2.38. The molecule has 1 aromatic carbocycles. The van der Waals surface area contributed by atoms with Crippen LogP contribution in [-0.4, -0.2) is 30.8 Å². The van der Waals surface area contributed by atoms with Crippen molar-refractivity contribution in [3.05, 3.63) is 35.4 Å². The van der Waals surface area contributed by atoms with E-state index in [1.54, 1.807) is 0 Å². The average molecular weight is 307 g/mol. The molecule has 0 spiro atoms. The van der Waals surface area contributed by atoms with Crippen molar-refractivity contribution in [1.82, 2.24) is 5.32 Å². The highest BCUT2D eigenvalue weighted by molar-refractivity contribution is 5.72. The number of nitrogens with one attached hydrogen (secondary N) is 1. The highest BCUT2D eigenvalue weighted by atomic mass is 16.6. The van der Waals surface area contributed by atoms with E-state index in [2.05, 4.69) is 10.1 Å². The van der Waals surface area contributed by atoms with Gasteiger partial charge in [-0.3, -0.25) is 4.79 Å². The van der Waals surface area contributed by atoms with Crippen LogP contribution in [0.4, 0.5) is 4.79 Å². The molecule has 22 heavy (non-hydrogen) atoms. The molecule has 5 heteroatoms. The number of rotatable bonds is 5. The zero-order chi connectivity index (χ0) is 16.8. The third-order valence-electron chi connectivity index (χ3n) is 2.90. The van der Waals surface area contributed by atoms with Gasteiger partial charge in [0.15, 0.2) is 0 Å². The van der Waals surface area contributed by atoms with Gasteiger partial charge < -0.3 is 14.8 Å². The summed E-state index contributed by atoms with van der Waals surface area (Å²) in [6, 6.07) is 7.65. The highest BCUT2D eigenvalue weighted by Gasteiger charge is 2.17. The Morgan fingerprint density at radius 1 is 1.14 bits per heavy atom. The van der Waals surface area contributed by atoms with Crippen molar-refractivity contribution < 1.29 is 19.1 Å². The van der Waals surface area contributed by atoms with Crippen molar-refractivity contribution in [2.24, 2.45) is 0 Å². The number of methoxy groups -OCH3 is 1. The summed E-state index contributed by atoms with van der Waals surface area (Å²) in [5, 5.41) is 2.81. The van der Waals surface area contributed by atoms with Crippen molar-refractivity contribution in [2.75, 3.05) is 7.11 Å². The Hall–Kier alpha value is -2.04. The molecule has 1 rings (SSSR count). The summed E-state index contributed by atoms with van der Waals surface area (Å²) in [5.74, 6) is -0.257. The van der Waals surface area contributed by atoms with E-state index in [1.807, 2.05) is 52.0 Å². The van der Waals surface area contributed by atoms with Crippen LogP contribution < -0.4 is 5.32 Å². The first kappa shape index (κ1) is 18.0. The molecular formula is C17H25NO4. The molecule has 0 heterocycles. The van der Waals surface area contributed by atoms with Gasteiger partial charge in [0, 0.05) is 6.04 Å². The highest BCUT2D eigenvalue weighted by Crippen LogP contribution is 2.10. The molecule has 122 valence electrons. The number of amides is 1. The van der Waals surface area contributed by atoms with Crippen molar-refractivity contribution in [3.8, 4) is 0 Å². The lowest BCUT2D eigenvalue weighted by Crippen LogP contribution is -2.38.